The maximum absolute atomic E-state index is 4.21. The molecule has 0 bridgehead atoms. The molecule has 2 rings (SSSR count). The van der Waals surface area contributed by atoms with Gasteiger partial charge in [0.15, 0.2) is 5.96 Å². The molecular formula is C18H29IN4. The van der Waals surface area contributed by atoms with Crippen molar-refractivity contribution in [3.05, 3.63) is 48.6 Å². The monoisotopic (exact) mass is 428 g/mol. The van der Waals surface area contributed by atoms with E-state index in [-0.39, 0.29) is 24.0 Å². The van der Waals surface area contributed by atoms with E-state index < -0.39 is 0 Å². The zero-order valence-corrected chi connectivity index (χ0v) is 16.3. The van der Waals surface area contributed by atoms with E-state index in [2.05, 4.69) is 57.4 Å². The molecule has 2 N–H and O–H groups in total. The lowest BCUT2D eigenvalue weighted by Crippen LogP contribution is -2.40. The fourth-order valence-electron chi connectivity index (χ4n) is 2.84. The molecule has 0 aromatic heterocycles. The highest BCUT2D eigenvalue weighted by Crippen LogP contribution is 2.15. The number of nitrogens with one attached hydrogen (secondary N) is 2. The van der Waals surface area contributed by atoms with Crippen LogP contribution in [0.5, 0.6) is 0 Å². The molecule has 1 aliphatic heterocycles. The van der Waals surface area contributed by atoms with Gasteiger partial charge in [0.2, 0.25) is 0 Å². The Kier molecular flexibility index (Phi) is 9.94. The Morgan fingerprint density at radius 3 is 2.83 bits per heavy atom. The number of nitrogens with zero attached hydrogens (tertiary/aromatic N) is 2. The fraction of sp³-hybridized carbons (Fsp3) is 0.500. The van der Waals surface area contributed by atoms with Crippen LogP contribution in [0.2, 0.25) is 0 Å². The number of hydrogen-bond acceptors (Lipinski definition) is 2. The van der Waals surface area contributed by atoms with Crippen LogP contribution < -0.4 is 10.6 Å². The molecule has 5 heteroatoms. The van der Waals surface area contributed by atoms with Gasteiger partial charge in [0.25, 0.3) is 0 Å². The Hall–Kier alpha value is -1.08. The third-order valence-corrected chi connectivity index (χ3v) is 4.13. The van der Waals surface area contributed by atoms with E-state index in [9.17, 15) is 0 Å². The van der Waals surface area contributed by atoms with Gasteiger partial charge in [0.05, 0.1) is 0 Å². The van der Waals surface area contributed by atoms with Crippen LogP contribution in [0.15, 0.2) is 48.0 Å². The second kappa shape index (κ2) is 11.5. The summed E-state index contributed by atoms with van der Waals surface area (Å²) >= 11 is 0. The minimum Gasteiger partial charge on any atom is -0.356 e. The largest absolute Gasteiger partial charge is 0.356 e. The predicted molar refractivity (Wildman–Crippen MR) is 110 cm³/mol. The molecule has 0 amide bonds. The first-order chi connectivity index (χ1) is 10.8. The van der Waals surface area contributed by atoms with Crippen molar-refractivity contribution >= 4 is 29.9 Å². The molecule has 1 heterocycles. The van der Waals surface area contributed by atoms with E-state index in [1.165, 1.54) is 25.1 Å². The van der Waals surface area contributed by atoms with Gasteiger partial charge in [0.1, 0.15) is 0 Å². The molecule has 1 aliphatic rings. The van der Waals surface area contributed by atoms with Crippen molar-refractivity contribution in [2.45, 2.75) is 12.8 Å². The van der Waals surface area contributed by atoms with Gasteiger partial charge in [-0.2, -0.15) is 0 Å². The Labute approximate surface area is 157 Å². The lowest BCUT2D eigenvalue weighted by Gasteiger charge is -2.17. The first-order valence-corrected chi connectivity index (χ1v) is 8.13. The smallest absolute Gasteiger partial charge is 0.191 e. The van der Waals surface area contributed by atoms with Gasteiger partial charge in [-0.1, -0.05) is 36.4 Å². The second-order valence-corrected chi connectivity index (χ2v) is 5.81. The molecule has 1 aromatic carbocycles. The first kappa shape index (κ1) is 20.0. The Balaban J connectivity index is 0.00000264. The van der Waals surface area contributed by atoms with Crippen LogP contribution >= 0.6 is 24.0 Å². The molecular weight excluding hydrogens is 399 g/mol. The van der Waals surface area contributed by atoms with E-state index in [1.54, 1.807) is 7.05 Å². The van der Waals surface area contributed by atoms with Crippen molar-refractivity contribution in [3.8, 4) is 0 Å². The van der Waals surface area contributed by atoms with Crippen LogP contribution in [0.25, 0.3) is 0 Å². The van der Waals surface area contributed by atoms with Crippen LogP contribution in [-0.2, 0) is 6.42 Å². The summed E-state index contributed by atoms with van der Waals surface area (Å²) in [5.74, 6) is 1.57. The number of rotatable bonds is 7. The summed E-state index contributed by atoms with van der Waals surface area (Å²) in [6, 6.07) is 10.7. The normalized spacial score (nSPS) is 18.3. The Morgan fingerprint density at radius 1 is 1.35 bits per heavy atom. The van der Waals surface area contributed by atoms with E-state index in [0.29, 0.717) is 5.92 Å². The molecule has 1 unspecified atom stereocenters. The van der Waals surface area contributed by atoms with Gasteiger partial charge in [-0.25, -0.2) is 0 Å². The average molecular weight is 428 g/mol. The summed E-state index contributed by atoms with van der Waals surface area (Å²) in [7, 11) is 1.80. The Morgan fingerprint density at radius 2 is 2.13 bits per heavy atom. The summed E-state index contributed by atoms with van der Waals surface area (Å²) in [6.07, 6.45) is 4.25. The van der Waals surface area contributed by atoms with Crippen molar-refractivity contribution in [2.24, 2.45) is 10.9 Å². The van der Waals surface area contributed by atoms with E-state index in [1.807, 2.05) is 6.08 Å². The minimum atomic E-state index is 0. The van der Waals surface area contributed by atoms with Gasteiger partial charge in [-0.15, -0.1) is 30.6 Å². The van der Waals surface area contributed by atoms with E-state index in [4.69, 9.17) is 0 Å². The predicted octanol–water partition coefficient (Wildman–Crippen LogP) is 2.52. The number of likely N-dealkylation sites (tertiary alicyclic amines) is 1. The maximum Gasteiger partial charge on any atom is 0.191 e. The topological polar surface area (TPSA) is 39.7 Å². The Bertz CT molecular complexity index is 475. The molecule has 1 aromatic rings. The summed E-state index contributed by atoms with van der Waals surface area (Å²) in [4.78, 5) is 6.78. The summed E-state index contributed by atoms with van der Waals surface area (Å²) < 4.78 is 0. The third-order valence-electron chi connectivity index (χ3n) is 4.13. The third kappa shape index (κ3) is 7.35. The maximum atomic E-state index is 4.21. The number of hydrogen-bond donors (Lipinski definition) is 2. The molecule has 1 atom stereocenters. The number of guanidine groups is 1. The molecule has 0 radical (unpaired) electrons. The number of benzene rings is 1. The van der Waals surface area contributed by atoms with E-state index in [0.717, 1.165) is 32.0 Å². The summed E-state index contributed by atoms with van der Waals surface area (Å²) in [6.45, 7) is 8.98. The average Bonchev–Trinajstić information content (AvgIpc) is 3.02. The van der Waals surface area contributed by atoms with E-state index >= 15 is 0 Å². The summed E-state index contributed by atoms with van der Waals surface area (Å²) in [5, 5.41) is 6.61. The van der Waals surface area contributed by atoms with Crippen LogP contribution in [0.4, 0.5) is 0 Å². The van der Waals surface area contributed by atoms with Crippen molar-refractivity contribution in [1.29, 1.82) is 0 Å². The highest BCUT2D eigenvalue weighted by Gasteiger charge is 2.22. The zero-order chi connectivity index (χ0) is 15.6. The molecule has 1 saturated heterocycles. The van der Waals surface area contributed by atoms with Gasteiger partial charge < -0.3 is 15.5 Å². The number of aliphatic imine (C=N–C) groups is 1. The second-order valence-electron chi connectivity index (χ2n) is 5.81. The number of halogens is 1. The lowest BCUT2D eigenvalue weighted by atomic mass is 10.1. The fourth-order valence-corrected chi connectivity index (χ4v) is 2.84. The zero-order valence-electron chi connectivity index (χ0n) is 14.0. The van der Waals surface area contributed by atoms with Crippen LogP contribution in [0.1, 0.15) is 12.0 Å². The van der Waals surface area contributed by atoms with Gasteiger partial charge in [-0.3, -0.25) is 4.99 Å². The summed E-state index contributed by atoms with van der Waals surface area (Å²) in [5.41, 5.74) is 1.43. The van der Waals surface area contributed by atoms with Crippen molar-refractivity contribution in [3.63, 3.8) is 0 Å². The van der Waals surface area contributed by atoms with Crippen LogP contribution in [-0.4, -0.2) is 50.6 Å². The highest BCUT2D eigenvalue weighted by molar-refractivity contribution is 14.0. The molecule has 23 heavy (non-hydrogen) atoms. The standard InChI is InChI=1S/C18H28N4.HI/c1-3-11-20-18(19-2)21-14-17-10-13-22(15-17)12-9-16-7-5-4-6-8-16;/h3-8,17H,1,9-15H2,2H3,(H2,19,20,21);1H. The highest BCUT2D eigenvalue weighted by atomic mass is 127. The lowest BCUT2D eigenvalue weighted by molar-refractivity contribution is 0.328. The van der Waals surface area contributed by atoms with Gasteiger partial charge in [0, 0.05) is 33.2 Å². The first-order valence-electron chi connectivity index (χ1n) is 8.13. The molecule has 0 spiro atoms. The van der Waals surface area contributed by atoms with Crippen LogP contribution in [0, 0.1) is 5.92 Å². The SMILES string of the molecule is C=CCNC(=NC)NCC1CCN(CCc2ccccc2)C1.I. The molecule has 4 nitrogen and oxygen atoms in total. The van der Waals surface area contributed by atoms with Crippen molar-refractivity contribution in [2.75, 3.05) is 39.8 Å². The minimum absolute atomic E-state index is 0. The molecule has 128 valence electrons. The van der Waals surface area contributed by atoms with Gasteiger partial charge in [-0.05, 0) is 30.9 Å². The van der Waals surface area contributed by atoms with Crippen molar-refractivity contribution in [1.82, 2.24) is 15.5 Å². The molecule has 1 fully saturated rings. The van der Waals surface area contributed by atoms with Gasteiger partial charge >= 0.3 is 0 Å². The van der Waals surface area contributed by atoms with Crippen molar-refractivity contribution < 1.29 is 0 Å². The van der Waals surface area contributed by atoms with Crippen LogP contribution in [0.3, 0.4) is 0 Å². The molecule has 0 aliphatic carbocycles. The molecule has 0 saturated carbocycles. The quantitative estimate of drug-likeness (QED) is 0.304.